The number of hydrogen-bond acceptors (Lipinski definition) is 3. The van der Waals surface area contributed by atoms with Gasteiger partial charge in [-0.1, -0.05) is 96.1 Å². The maximum Gasteiger partial charge on any atom is 0.338 e. The molecule has 1 rings (SSSR count). The molecule has 1 aromatic rings. The molecule has 0 spiro atoms. The summed E-state index contributed by atoms with van der Waals surface area (Å²) in [6.45, 7) is 4.41. The number of amides is 1. The highest BCUT2D eigenvalue weighted by molar-refractivity contribution is 5.93. The summed E-state index contributed by atoms with van der Waals surface area (Å²) in [6.07, 6.45) is 27.3. The first-order valence-electron chi connectivity index (χ1n) is 14.4. The first-order valence-corrected chi connectivity index (χ1v) is 14.4. The van der Waals surface area contributed by atoms with Gasteiger partial charge in [0.15, 0.2) is 0 Å². The average molecular weight is 486 g/mol. The van der Waals surface area contributed by atoms with Crippen molar-refractivity contribution in [3.05, 3.63) is 42.0 Å². The van der Waals surface area contributed by atoms with Crippen LogP contribution in [-0.2, 0) is 9.53 Å². The molecule has 0 unspecified atom stereocenters. The molecule has 0 saturated heterocycles. The van der Waals surface area contributed by atoms with E-state index >= 15 is 0 Å². The molecule has 0 fully saturated rings. The van der Waals surface area contributed by atoms with E-state index in [9.17, 15) is 9.59 Å². The molecule has 4 heteroatoms. The molecule has 1 amide bonds. The predicted molar refractivity (Wildman–Crippen MR) is 149 cm³/mol. The van der Waals surface area contributed by atoms with Gasteiger partial charge in [-0.25, -0.2) is 4.79 Å². The minimum Gasteiger partial charge on any atom is -0.462 e. The normalized spacial score (nSPS) is 11.1. The number of ether oxygens (including phenoxy) is 1. The summed E-state index contributed by atoms with van der Waals surface area (Å²) in [5.41, 5.74) is 1.22. The summed E-state index contributed by atoms with van der Waals surface area (Å²) < 4.78 is 4.97. The highest BCUT2D eigenvalue weighted by Crippen LogP contribution is 2.14. The highest BCUT2D eigenvalue weighted by Gasteiger charge is 2.07. The van der Waals surface area contributed by atoms with Gasteiger partial charge in [0.25, 0.3) is 0 Å². The van der Waals surface area contributed by atoms with Gasteiger partial charge in [0.1, 0.15) is 0 Å². The van der Waals surface area contributed by atoms with Gasteiger partial charge in [-0.2, -0.15) is 0 Å². The summed E-state index contributed by atoms with van der Waals surface area (Å²) in [4.78, 5) is 23.8. The summed E-state index contributed by atoms with van der Waals surface area (Å²) in [7, 11) is 0. The molecular weight excluding hydrogens is 434 g/mol. The lowest BCUT2D eigenvalue weighted by Crippen LogP contribution is -2.11. The van der Waals surface area contributed by atoms with Crippen LogP contribution in [0.1, 0.15) is 140 Å². The number of esters is 1. The number of hydrogen-bond donors (Lipinski definition) is 1. The van der Waals surface area contributed by atoms with Crippen LogP contribution in [0.2, 0.25) is 0 Å². The fraction of sp³-hybridized carbons (Fsp3) is 0.677. The Balaban J connectivity index is 1.88. The summed E-state index contributed by atoms with van der Waals surface area (Å²) in [5.74, 6) is -0.300. The van der Waals surface area contributed by atoms with E-state index in [1.807, 2.05) is 0 Å². The van der Waals surface area contributed by atoms with Gasteiger partial charge in [-0.3, -0.25) is 4.79 Å². The van der Waals surface area contributed by atoms with E-state index < -0.39 is 0 Å². The van der Waals surface area contributed by atoms with Crippen LogP contribution in [0.5, 0.6) is 0 Å². The first-order chi connectivity index (χ1) is 17.2. The lowest BCUT2D eigenvalue weighted by molar-refractivity contribution is -0.116. The second kappa shape index (κ2) is 22.4. The molecular formula is C31H51NO3. The number of nitrogens with one attached hydrogen (secondary N) is 1. The molecule has 0 heterocycles. The van der Waals surface area contributed by atoms with Gasteiger partial charge in [0, 0.05) is 12.1 Å². The zero-order valence-corrected chi connectivity index (χ0v) is 22.6. The van der Waals surface area contributed by atoms with E-state index in [-0.39, 0.29) is 11.9 Å². The Hall–Kier alpha value is -2.10. The molecule has 0 aliphatic carbocycles. The van der Waals surface area contributed by atoms with Gasteiger partial charge in [0.2, 0.25) is 5.91 Å². The van der Waals surface area contributed by atoms with Crippen LogP contribution in [0, 0.1) is 0 Å². The van der Waals surface area contributed by atoms with E-state index in [1.54, 1.807) is 31.2 Å². The molecule has 0 bridgehead atoms. The first kappa shape index (κ1) is 30.9. The van der Waals surface area contributed by atoms with Crippen molar-refractivity contribution in [1.82, 2.24) is 0 Å². The van der Waals surface area contributed by atoms with Crippen LogP contribution < -0.4 is 5.32 Å². The molecule has 0 aliphatic heterocycles. The summed E-state index contributed by atoms with van der Waals surface area (Å²) >= 11 is 0. The van der Waals surface area contributed by atoms with Crippen molar-refractivity contribution in [1.29, 1.82) is 0 Å². The predicted octanol–water partition coefficient (Wildman–Crippen LogP) is 9.40. The number of benzene rings is 1. The van der Waals surface area contributed by atoms with E-state index in [0.717, 1.165) is 18.5 Å². The second-order valence-corrected chi connectivity index (χ2v) is 9.59. The fourth-order valence-electron chi connectivity index (χ4n) is 4.19. The van der Waals surface area contributed by atoms with Crippen LogP contribution >= 0.6 is 0 Å². The number of rotatable bonds is 22. The summed E-state index contributed by atoms with van der Waals surface area (Å²) in [6, 6.07) is 6.86. The summed E-state index contributed by atoms with van der Waals surface area (Å²) in [5, 5.41) is 2.90. The lowest BCUT2D eigenvalue weighted by atomic mass is 10.1. The maximum absolute atomic E-state index is 12.1. The van der Waals surface area contributed by atoms with Gasteiger partial charge >= 0.3 is 5.97 Å². The minimum atomic E-state index is -0.336. The van der Waals surface area contributed by atoms with Crippen LogP contribution in [0.15, 0.2) is 36.4 Å². The maximum atomic E-state index is 12.1. The fourth-order valence-corrected chi connectivity index (χ4v) is 4.19. The van der Waals surface area contributed by atoms with Crippen LogP contribution in [-0.4, -0.2) is 18.5 Å². The zero-order chi connectivity index (χ0) is 25.4. The van der Waals surface area contributed by atoms with Gasteiger partial charge in [0.05, 0.1) is 12.2 Å². The topological polar surface area (TPSA) is 55.4 Å². The van der Waals surface area contributed by atoms with Crippen molar-refractivity contribution in [3.63, 3.8) is 0 Å². The molecule has 0 radical (unpaired) electrons. The van der Waals surface area contributed by atoms with Gasteiger partial charge in [-0.15, -0.1) is 0 Å². The minimum absolute atomic E-state index is 0.0370. The molecule has 0 aromatic heterocycles. The third-order valence-corrected chi connectivity index (χ3v) is 6.35. The molecule has 4 nitrogen and oxygen atoms in total. The number of unbranched alkanes of at least 4 members (excludes halogenated alkanes) is 15. The Morgan fingerprint density at radius 3 is 1.69 bits per heavy atom. The van der Waals surface area contributed by atoms with Crippen molar-refractivity contribution in [2.45, 2.75) is 129 Å². The van der Waals surface area contributed by atoms with Crippen molar-refractivity contribution in [2.75, 3.05) is 11.9 Å². The SMILES string of the molecule is CCCCCCCC/C=C\CCCCCCCCCCCC(=O)Nc1ccc(C(=O)OCC)cc1. The van der Waals surface area contributed by atoms with E-state index in [1.165, 1.54) is 96.3 Å². The third-order valence-electron chi connectivity index (χ3n) is 6.35. The van der Waals surface area contributed by atoms with Gasteiger partial charge in [-0.05, 0) is 63.3 Å². The largest absolute Gasteiger partial charge is 0.462 e. The molecule has 198 valence electrons. The third kappa shape index (κ3) is 17.9. The van der Waals surface area contributed by atoms with E-state index in [4.69, 9.17) is 4.74 Å². The lowest BCUT2D eigenvalue weighted by Gasteiger charge is -2.07. The smallest absolute Gasteiger partial charge is 0.338 e. The monoisotopic (exact) mass is 485 g/mol. The number of anilines is 1. The Morgan fingerprint density at radius 1 is 0.686 bits per heavy atom. The Bertz CT molecular complexity index is 681. The molecule has 0 saturated carbocycles. The number of carbonyl (C=O) groups is 2. The standard InChI is InChI=1S/C31H51NO3/c1-3-5-6-7-8-9-10-11-12-13-14-15-16-17-18-19-20-21-22-23-30(33)32-29-26-24-28(25-27-29)31(34)35-4-2/h11-12,24-27H,3-10,13-23H2,1-2H3,(H,32,33)/b12-11-. The molecule has 1 aromatic carbocycles. The molecule has 0 atom stereocenters. The van der Waals surface area contributed by atoms with Crippen LogP contribution in [0.4, 0.5) is 5.69 Å². The Morgan fingerprint density at radius 2 is 1.17 bits per heavy atom. The Kier molecular flexibility index (Phi) is 19.8. The van der Waals surface area contributed by atoms with Crippen molar-refractivity contribution in [2.24, 2.45) is 0 Å². The number of allylic oxidation sites excluding steroid dienone is 2. The molecule has 1 N–H and O–H groups in total. The van der Waals surface area contributed by atoms with Crippen LogP contribution in [0.25, 0.3) is 0 Å². The average Bonchev–Trinajstić information content (AvgIpc) is 2.86. The van der Waals surface area contributed by atoms with Crippen LogP contribution in [0.3, 0.4) is 0 Å². The van der Waals surface area contributed by atoms with Gasteiger partial charge < -0.3 is 10.1 Å². The highest BCUT2D eigenvalue weighted by atomic mass is 16.5. The van der Waals surface area contributed by atoms with E-state index in [0.29, 0.717) is 18.6 Å². The molecule has 35 heavy (non-hydrogen) atoms. The van der Waals surface area contributed by atoms with Crippen molar-refractivity contribution in [3.8, 4) is 0 Å². The molecule has 0 aliphatic rings. The Labute approximate surface area is 215 Å². The zero-order valence-electron chi connectivity index (χ0n) is 22.6. The number of carbonyl (C=O) groups excluding carboxylic acids is 2. The quantitative estimate of drug-likeness (QED) is 0.101. The van der Waals surface area contributed by atoms with Crippen molar-refractivity contribution >= 4 is 17.6 Å². The van der Waals surface area contributed by atoms with Crippen molar-refractivity contribution < 1.29 is 14.3 Å². The van der Waals surface area contributed by atoms with E-state index in [2.05, 4.69) is 24.4 Å². The second-order valence-electron chi connectivity index (χ2n) is 9.59.